The van der Waals surface area contributed by atoms with E-state index in [0.717, 1.165) is 0 Å². The molecule has 0 radical (unpaired) electrons. The van der Waals surface area contributed by atoms with Crippen molar-refractivity contribution in [2.75, 3.05) is 0 Å². The van der Waals surface area contributed by atoms with Crippen LogP contribution in [-0.4, -0.2) is 26.0 Å². The number of hydrogen-bond acceptors (Lipinski definition) is 3. The molecule has 6 heteroatoms. The summed E-state index contributed by atoms with van der Waals surface area (Å²) >= 11 is 0. The highest BCUT2D eigenvalue weighted by Crippen LogP contribution is 2.32. The van der Waals surface area contributed by atoms with Crippen LogP contribution in [0.15, 0.2) is 18.2 Å². The van der Waals surface area contributed by atoms with Gasteiger partial charge in [-0.1, -0.05) is 0 Å². The number of aryl methyl sites for hydroxylation is 2. The second kappa shape index (κ2) is 4.14. The predicted octanol–water partition coefficient (Wildman–Crippen LogP) is 1.94. The van der Waals surface area contributed by atoms with Crippen LogP contribution in [0.1, 0.15) is 16.1 Å². The van der Waals surface area contributed by atoms with Gasteiger partial charge in [-0.15, -0.1) is 0 Å². The van der Waals surface area contributed by atoms with E-state index in [0.29, 0.717) is 11.3 Å². The Morgan fingerprint density at radius 3 is 2.61 bits per heavy atom. The minimum absolute atomic E-state index is 0.159. The number of carbonyl (C=O) groups is 1. The maximum Gasteiger partial charge on any atom is 0.356 e. The van der Waals surface area contributed by atoms with E-state index in [1.807, 2.05) is 0 Å². The summed E-state index contributed by atoms with van der Waals surface area (Å²) < 4.78 is 14.7. The van der Waals surface area contributed by atoms with Crippen molar-refractivity contribution < 1.29 is 19.4 Å². The molecule has 0 saturated carbocycles. The van der Waals surface area contributed by atoms with Crippen molar-refractivity contribution >= 4 is 5.97 Å². The van der Waals surface area contributed by atoms with Gasteiger partial charge in [0, 0.05) is 12.6 Å². The van der Waals surface area contributed by atoms with E-state index < -0.39 is 17.5 Å². The third-order valence-corrected chi connectivity index (χ3v) is 2.58. The van der Waals surface area contributed by atoms with E-state index in [-0.39, 0.29) is 11.3 Å². The molecule has 5 nitrogen and oxygen atoms in total. The molecule has 0 unspecified atom stereocenters. The van der Waals surface area contributed by atoms with Crippen molar-refractivity contribution in [1.82, 2.24) is 9.78 Å². The van der Waals surface area contributed by atoms with Crippen LogP contribution in [0.3, 0.4) is 0 Å². The van der Waals surface area contributed by atoms with Crippen LogP contribution in [0, 0.1) is 12.7 Å². The molecule has 2 aromatic rings. The molecule has 1 aromatic carbocycles. The molecule has 0 aliphatic carbocycles. The molecule has 0 amide bonds. The van der Waals surface area contributed by atoms with Crippen LogP contribution in [0.5, 0.6) is 5.75 Å². The lowest BCUT2D eigenvalue weighted by atomic mass is 10.1. The average molecular weight is 250 g/mol. The minimum Gasteiger partial charge on any atom is -0.504 e. The van der Waals surface area contributed by atoms with Gasteiger partial charge in [-0.2, -0.15) is 5.10 Å². The largest absolute Gasteiger partial charge is 0.504 e. The van der Waals surface area contributed by atoms with E-state index >= 15 is 0 Å². The molecule has 2 N–H and O–H groups in total. The van der Waals surface area contributed by atoms with Crippen molar-refractivity contribution in [2.45, 2.75) is 6.92 Å². The summed E-state index contributed by atoms with van der Waals surface area (Å²) in [6.45, 7) is 1.68. The molecule has 0 spiro atoms. The van der Waals surface area contributed by atoms with E-state index in [4.69, 9.17) is 5.11 Å². The lowest BCUT2D eigenvalue weighted by Gasteiger charge is -2.07. The van der Waals surface area contributed by atoms with Crippen LogP contribution in [0.2, 0.25) is 0 Å². The van der Waals surface area contributed by atoms with Crippen molar-refractivity contribution in [3.05, 3.63) is 35.3 Å². The Morgan fingerprint density at radius 2 is 2.06 bits per heavy atom. The molecule has 2 rings (SSSR count). The van der Waals surface area contributed by atoms with E-state index in [2.05, 4.69) is 5.10 Å². The Morgan fingerprint density at radius 1 is 1.39 bits per heavy atom. The number of hydrogen-bond donors (Lipinski definition) is 2. The number of aromatic hydroxyl groups is 1. The molecule has 0 saturated heterocycles. The number of phenols is 1. The predicted molar refractivity (Wildman–Crippen MR) is 62.0 cm³/mol. The number of aromatic carboxylic acids is 1. The first-order chi connectivity index (χ1) is 8.40. The zero-order chi connectivity index (χ0) is 13.4. The average Bonchev–Trinajstić information content (AvgIpc) is 2.66. The van der Waals surface area contributed by atoms with Crippen LogP contribution in [0.25, 0.3) is 11.3 Å². The molecule has 0 bridgehead atoms. The van der Waals surface area contributed by atoms with Gasteiger partial charge in [0.2, 0.25) is 0 Å². The number of rotatable bonds is 2. The molecule has 0 atom stereocenters. The number of phenolic OH excluding ortho intramolecular Hbond substituents is 1. The molecule has 0 fully saturated rings. The zero-order valence-electron chi connectivity index (χ0n) is 9.81. The lowest BCUT2D eigenvalue weighted by Crippen LogP contribution is -1.99. The molecule has 1 aromatic heterocycles. The first kappa shape index (κ1) is 12.1. The van der Waals surface area contributed by atoms with Crippen molar-refractivity contribution in [1.29, 1.82) is 0 Å². The number of halogens is 1. The third-order valence-electron chi connectivity index (χ3n) is 2.58. The fourth-order valence-electron chi connectivity index (χ4n) is 1.75. The Kier molecular flexibility index (Phi) is 2.78. The Hall–Kier alpha value is -2.37. The smallest absolute Gasteiger partial charge is 0.356 e. The number of carboxylic acid groups (broad SMARTS) is 1. The highest BCUT2D eigenvalue weighted by molar-refractivity contribution is 5.87. The highest BCUT2D eigenvalue weighted by atomic mass is 19.1. The number of nitrogens with zero attached hydrogens (tertiary/aromatic N) is 2. The number of aromatic nitrogens is 2. The molecular formula is C12H11FN2O3. The van der Waals surface area contributed by atoms with Gasteiger partial charge in [-0.05, 0) is 30.7 Å². The Balaban J connectivity index is 2.65. The van der Waals surface area contributed by atoms with Gasteiger partial charge in [0.25, 0.3) is 0 Å². The molecule has 0 aliphatic heterocycles. The molecular weight excluding hydrogens is 239 g/mol. The topological polar surface area (TPSA) is 75.3 Å². The Labute approximate surface area is 102 Å². The van der Waals surface area contributed by atoms with Crippen molar-refractivity contribution in [3.8, 4) is 17.0 Å². The van der Waals surface area contributed by atoms with Gasteiger partial charge >= 0.3 is 5.97 Å². The van der Waals surface area contributed by atoms with Gasteiger partial charge in [0.05, 0.1) is 5.69 Å². The SMILES string of the molecule is Cc1cc(F)c(O)c(-c2cc(C(=O)O)nn2C)c1. The van der Waals surface area contributed by atoms with Crippen LogP contribution < -0.4 is 0 Å². The second-order valence-corrected chi connectivity index (χ2v) is 3.99. The summed E-state index contributed by atoms with van der Waals surface area (Å²) in [6.07, 6.45) is 0. The van der Waals surface area contributed by atoms with Crippen molar-refractivity contribution in [3.63, 3.8) is 0 Å². The standard InChI is InChI=1S/C12H11FN2O3/c1-6-3-7(11(16)8(13)4-6)10-5-9(12(17)18)14-15(10)2/h3-5,16H,1-2H3,(H,17,18). The normalized spacial score (nSPS) is 10.6. The van der Waals surface area contributed by atoms with Crippen LogP contribution >= 0.6 is 0 Å². The first-order valence-corrected chi connectivity index (χ1v) is 5.17. The van der Waals surface area contributed by atoms with Gasteiger partial charge in [-0.3, -0.25) is 4.68 Å². The van der Waals surface area contributed by atoms with E-state index in [9.17, 15) is 14.3 Å². The molecule has 0 aliphatic rings. The second-order valence-electron chi connectivity index (χ2n) is 3.99. The highest BCUT2D eigenvalue weighted by Gasteiger charge is 2.17. The van der Waals surface area contributed by atoms with E-state index in [1.54, 1.807) is 13.0 Å². The third kappa shape index (κ3) is 1.92. The number of benzene rings is 1. The van der Waals surface area contributed by atoms with Gasteiger partial charge in [0.1, 0.15) is 0 Å². The summed E-state index contributed by atoms with van der Waals surface area (Å²) in [6, 6.07) is 4.06. The fourth-order valence-corrected chi connectivity index (χ4v) is 1.75. The minimum atomic E-state index is -1.18. The quantitative estimate of drug-likeness (QED) is 0.854. The maximum atomic E-state index is 13.4. The summed E-state index contributed by atoms with van der Waals surface area (Å²) in [5.74, 6) is -2.44. The summed E-state index contributed by atoms with van der Waals surface area (Å²) in [5, 5.41) is 22.3. The summed E-state index contributed by atoms with van der Waals surface area (Å²) in [5.41, 5.74) is 1.02. The fraction of sp³-hybridized carbons (Fsp3) is 0.167. The maximum absolute atomic E-state index is 13.4. The summed E-state index contributed by atoms with van der Waals surface area (Å²) in [7, 11) is 1.53. The molecule has 18 heavy (non-hydrogen) atoms. The summed E-state index contributed by atoms with van der Waals surface area (Å²) in [4.78, 5) is 10.8. The lowest BCUT2D eigenvalue weighted by molar-refractivity contribution is 0.0689. The van der Waals surface area contributed by atoms with Gasteiger partial charge in [0.15, 0.2) is 17.3 Å². The monoisotopic (exact) mass is 250 g/mol. The first-order valence-electron chi connectivity index (χ1n) is 5.17. The molecule has 94 valence electrons. The van der Waals surface area contributed by atoms with Crippen molar-refractivity contribution in [2.24, 2.45) is 7.05 Å². The molecule has 1 heterocycles. The van der Waals surface area contributed by atoms with Gasteiger partial charge in [-0.25, -0.2) is 9.18 Å². The van der Waals surface area contributed by atoms with Crippen LogP contribution in [0.4, 0.5) is 4.39 Å². The van der Waals surface area contributed by atoms with Gasteiger partial charge < -0.3 is 10.2 Å². The Bertz CT molecular complexity index is 634. The number of carboxylic acids is 1. The van der Waals surface area contributed by atoms with Crippen LogP contribution in [-0.2, 0) is 7.05 Å². The zero-order valence-corrected chi connectivity index (χ0v) is 9.81. The van der Waals surface area contributed by atoms with E-state index in [1.165, 1.54) is 23.9 Å².